The summed E-state index contributed by atoms with van der Waals surface area (Å²) in [4.78, 5) is 15.9. The van der Waals surface area contributed by atoms with Gasteiger partial charge in [0.15, 0.2) is 0 Å². The molecular formula is C18H15NO4. The molecule has 0 bridgehead atoms. The van der Waals surface area contributed by atoms with Gasteiger partial charge in [0.1, 0.15) is 11.5 Å². The molecular weight excluding hydrogens is 294 g/mol. The molecule has 3 aromatic rings. The molecule has 116 valence electrons. The maximum atomic E-state index is 11.8. The van der Waals surface area contributed by atoms with Crippen molar-refractivity contribution in [1.82, 2.24) is 4.98 Å². The van der Waals surface area contributed by atoms with Crippen molar-refractivity contribution in [3.63, 3.8) is 0 Å². The van der Waals surface area contributed by atoms with Crippen molar-refractivity contribution in [2.24, 2.45) is 0 Å². The van der Waals surface area contributed by atoms with Crippen LogP contribution in [0.2, 0.25) is 0 Å². The highest BCUT2D eigenvalue weighted by molar-refractivity contribution is 6.04. The van der Waals surface area contributed by atoms with E-state index in [2.05, 4.69) is 4.98 Å². The molecule has 0 saturated carbocycles. The molecule has 0 fully saturated rings. The largest absolute Gasteiger partial charge is 0.481 e. The van der Waals surface area contributed by atoms with Crippen LogP contribution in [0.25, 0.3) is 10.8 Å². The molecule has 1 aromatic heterocycles. The molecule has 0 unspecified atom stereocenters. The van der Waals surface area contributed by atoms with E-state index in [4.69, 9.17) is 14.2 Å². The summed E-state index contributed by atoms with van der Waals surface area (Å²) in [7, 11) is 2.93. The van der Waals surface area contributed by atoms with E-state index in [0.717, 1.165) is 10.8 Å². The van der Waals surface area contributed by atoms with Crippen LogP contribution in [0, 0.1) is 0 Å². The van der Waals surface area contributed by atoms with Crippen LogP contribution < -0.4 is 9.47 Å². The van der Waals surface area contributed by atoms with Crippen LogP contribution >= 0.6 is 0 Å². The Morgan fingerprint density at radius 3 is 2.52 bits per heavy atom. The Morgan fingerprint density at radius 2 is 1.83 bits per heavy atom. The van der Waals surface area contributed by atoms with E-state index in [0.29, 0.717) is 22.9 Å². The van der Waals surface area contributed by atoms with Gasteiger partial charge in [0.25, 0.3) is 0 Å². The number of pyridine rings is 1. The van der Waals surface area contributed by atoms with Crippen molar-refractivity contribution >= 4 is 16.7 Å². The van der Waals surface area contributed by atoms with Crippen LogP contribution in [0.1, 0.15) is 10.4 Å². The number of fused-ring (bicyclic) bond motifs is 1. The molecule has 2 aromatic carbocycles. The number of carbonyl (C=O) groups is 1. The number of aromatic nitrogens is 1. The molecule has 3 rings (SSSR count). The number of benzene rings is 2. The number of methoxy groups -OCH3 is 2. The zero-order valence-electron chi connectivity index (χ0n) is 12.8. The molecule has 0 saturated heterocycles. The summed E-state index contributed by atoms with van der Waals surface area (Å²) in [6.45, 7) is 0. The lowest BCUT2D eigenvalue weighted by atomic mass is 10.0. The summed E-state index contributed by atoms with van der Waals surface area (Å²) in [5.74, 6) is 1.43. The third kappa shape index (κ3) is 3.08. The molecule has 0 amide bonds. The number of nitrogens with zero attached hydrogens (tertiary/aromatic N) is 1. The third-order valence-electron chi connectivity index (χ3n) is 3.41. The van der Waals surface area contributed by atoms with Crippen molar-refractivity contribution in [2.45, 2.75) is 0 Å². The molecule has 0 aliphatic rings. The molecule has 0 radical (unpaired) electrons. The minimum absolute atomic E-state index is 0.358. The lowest BCUT2D eigenvalue weighted by molar-refractivity contribution is 0.0603. The standard InChI is InChI=1S/C18H15NO4/c1-21-17-9-7-14(11-19-17)23-13-6-8-15-12(10-13)4-3-5-16(15)18(20)22-2/h3-11H,1-2H3. The van der Waals surface area contributed by atoms with Crippen LogP contribution in [-0.2, 0) is 4.74 Å². The van der Waals surface area contributed by atoms with E-state index in [1.54, 1.807) is 37.6 Å². The quantitative estimate of drug-likeness (QED) is 0.686. The Bertz CT molecular complexity index is 843. The topological polar surface area (TPSA) is 57.7 Å². The fourth-order valence-corrected chi connectivity index (χ4v) is 2.30. The number of carbonyl (C=O) groups excluding carboxylic acids is 1. The van der Waals surface area contributed by atoms with Gasteiger partial charge in [-0.05, 0) is 41.1 Å². The highest BCUT2D eigenvalue weighted by Gasteiger charge is 2.10. The van der Waals surface area contributed by atoms with Gasteiger partial charge in [-0.2, -0.15) is 0 Å². The maximum absolute atomic E-state index is 11.8. The summed E-state index contributed by atoms with van der Waals surface area (Å²) in [5.41, 5.74) is 0.530. The SMILES string of the molecule is COC(=O)c1cccc2cc(Oc3ccc(OC)nc3)ccc12. The highest BCUT2D eigenvalue weighted by atomic mass is 16.5. The number of ether oxygens (including phenoxy) is 3. The molecule has 0 aliphatic heterocycles. The second-order valence-electron chi connectivity index (χ2n) is 4.82. The van der Waals surface area contributed by atoms with E-state index >= 15 is 0 Å². The predicted octanol–water partition coefficient (Wildman–Crippen LogP) is 3.82. The minimum Gasteiger partial charge on any atom is -0.481 e. The van der Waals surface area contributed by atoms with Crippen molar-refractivity contribution in [2.75, 3.05) is 14.2 Å². The first-order valence-electron chi connectivity index (χ1n) is 7.00. The molecule has 0 atom stereocenters. The number of hydrogen-bond acceptors (Lipinski definition) is 5. The molecule has 23 heavy (non-hydrogen) atoms. The van der Waals surface area contributed by atoms with Gasteiger partial charge in [-0.1, -0.05) is 12.1 Å². The van der Waals surface area contributed by atoms with Crippen LogP contribution in [0.3, 0.4) is 0 Å². The fourth-order valence-electron chi connectivity index (χ4n) is 2.30. The first-order chi connectivity index (χ1) is 11.2. The van der Waals surface area contributed by atoms with E-state index in [1.807, 2.05) is 24.3 Å². The summed E-state index contributed by atoms with van der Waals surface area (Å²) in [5, 5.41) is 1.71. The van der Waals surface area contributed by atoms with Gasteiger partial charge >= 0.3 is 5.97 Å². The van der Waals surface area contributed by atoms with E-state index in [1.165, 1.54) is 7.11 Å². The maximum Gasteiger partial charge on any atom is 0.338 e. The fraction of sp³-hybridized carbons (Fsp3) is 0.111. The molecule has 5 nitrogen and oxygen atoms in total. The predicted molar refractivity (Wildman–Crippen MR) is 86.2 cm³/mol. The summed E-state index contributed by atoms with van der Waals surface area (Å²) < 4.78 is 15.6. The molecule has 1 heterocycles. The Kier molecular flexibility index (Phi) is 4.10. The second-order valence-corrected chi connectivity index (χ2v) is 4.82. The van der Waals surface area contributed by atoms with Crippen molar-refractivity contribution in [1.29, 1.82) is 0 Å². The van der Waals surface area contributed by atoms with E-state index in [9.17, 15) is 4.79 Å². The van der Waals surface area contributed by atoms with Gasteiger partial charge in [-0.15, -0.1) is 0 Å². The van der Waals surface area contributed by atoms with Gasteiger partial charge in [0.2, 0.25) is 5.88 Å². The Morgan fingerprint density at radius 1 is 1.00 bits per heavy atom. The molecule has 0 N–H and O–H groups in total. The Balaban J connectivity index is 1.92. The van der Waals surface area contributed by atoms with Crippen molar-refractivity contribution in [3.8, 4) is 17.4 Å². The molecule has 5 heteroatoms. The average molecular weight is 309 g/mol. The first kappa shape index (κ1) is 14.8. The summed E-state index contributed by atoms with van der Waals surface area (Å²) in [6.07, 6.45) is 1.59. The van der Waals surface area contributed by atoms with Crippen LogP contribution in [-0.4, -0.2) is 25.2 Å². The smallest absolute Gasteiger partial charge is 0.338 e. The monoisotopic (exact) mass is 309 g/mol. The summed E-state index contributed by atoms with van der Waals surface area (Å²) >= 11 is 0. The highest BCUT2D eigenvalue weighted by Crippen LogP contribution is 2.28. The van der Waals surface area contributed by atoms with Gasteiger partial charge < -0.3 is 14.2 Å². The number of esters is 1. The van der Waals surface area contributed by atoms with Crippen LogP contribution in [0.5, 0.6) is 17.4 Å². The van der Waals surface area contributed by atoms with E-state index in [-0.39, 0.29) is 5.97 Å². The van der Waals surface area contributed by atoms with Gasteiger partial charge in [0, 0.05) is 6.07 Å². The van der Waals surface area contributed by atoms with Gasteiger partial charge in [-0.3, -0.25) is 0 Å². The lowest BCUT2D eigenvalue weighted by Crippen LogP contribution is -2.01. The van der Waals surface area contributed by atoms with Gasteiger partial charge in [-0.25, -0.2) is 9.78 Å². The number of hydrogen-bond donors (Lipinski definition) is 0. The Hall–Kier alpha value is -3.08. The second kappa shape index (κ2) is 6.36. The van der Waals surface area contributed by atoms with Gasteiger partial charge in [0.05, 0.1) is 26.0 Å². The van der Waals surface area contributed by atoms with E-state index < -0.39 is 0 Å². The third-order valence-corrected chi connectivity index (χ3v) is 3.41. The van der Waals surface area contributed by atoms with Crippen molar-refractivity contribution in [3.05, 3.63) is 60.3 Å². The first-order valence-corrected chi connectivity index (χ1v) is 7.00. The Labute approximate surface area is 133 Å². The van der Waals surface area contributed by atoms with Crippen LogP contribution in [0.4, 0.5) is 0 Å². The zero-order valence-corrected chi connectivity index (χ0v) is 12.8. The number of rotatable bonds is 4. The average Bonchev–Trinajstić information content (AvgIpc) is 2.61. The normalized spacial score (nSPS) is 10.3. The van der Waals surface area contributed by atoms with Crippen molar-refractivity contribution < 1.29 is 19.0 Å². The molecule has 0 aliphatic carbocycles. The van der Waals surface area contributed by atoms with Crippen LogP contribution in [0.15, 0.2) is 54.7 Å². The zero-order chi connectivity index (χ0) is 16.2. The lowest BCUT2D eigenvalue weighted by Gasteiger charge is -2.09. The minimum atomic E-state index is -0.358. The summed E-state index contributed by atoms with van der Waals surface area (Å²) in [6, 6.07) is 14.5. The molecule has 0 spiro atoms.